The first-order valence-electron chi connectivity index (χ1n) is 5.57. The number of carbonyl (C=O) groups is 1. The van der Waals surface area contributed by atoms with E-state index in [-0.39, 0.29) is 11.6 Å². The van der Waals surface area contributed by atoms with Gasteiger partial charge in [0.1, 0.15) is 0 Å². The van der Waals surface area contributed by atoms with Gasteiger partial charge < -0.3 is 10.0 Å². The Morgan fingerprint density at radius 2 is 2.00 bits per heavy atom. The lowest BCUT2D eigenvalue weighted by molar-refractivity contribution is -0.132. The molecule has 0 saturated carbocycles. The van der Waals surface area contributed by atoms with Crippen molar-refractivity contribution in [2.45, 2.75) is 0 Å². The van der Waals surface area contributed by atoms with E-state index in [0.717, 1.165) is 31.6 Å². The number of aliphatic imine (C=N–C) groups is 1. The summed E-state index contributed by atoms with van der Waals surface area (Å²) < 4.78 is 23.4. The highest BCUT2D eigenvalue weighted by molar-refractivity contribution is 8.09. The zero-order valence-corrected chi connectivity index (χ0v) is 10.9. The van der Waals surface area contributed by atoms with Gasteiger partial charge in [0, 0.05) is 26.2 Å². The molecule has 0 atom stereocenters. The van der Waals surface area contributed by atoms with Crippen LogP contribution in [-0.4, -0.2) is 74.1 Å². The summed E-state index contributed by atoms with van der Waals surface area (Å²) in [6.07, 6.45) is 0. The number of nitrogens with zero attached hydrogens (tertiary/aromatic N) is 3. The predicted octanol–water partition coefficient (Wildman–Crippen LogP) is -1.01. The number of likely N-dealkylation sites (N-methyl/N-ethyl adjacent to an activating group) is 1. The molecule has 0 unspecified atom stereocenters. The third kappa shape index (κ3) is 2.77. The molecule has 1 fully saturated rings. The smallest absolute Gasteiger partial charge is 0.355 e. The normalized spacial score (nSPS) is 24.7. The van der Waals surface area contributed by atoms with E-state index < -0.39 is 21.5 Å². The second-order valence-electron chi connectivity index (χ2n) is 4.44. The summed E-state index contributed by atoms with van der Waals surface area (Å²) >= 11 is 0. The van der Waals surface area contributed by atoms with Crippen molar-refractivity contribution in [2.75, 3.05) is 39.8 Å². The van der Waals surface area contributed by atoms with Crippen molar-refractivity contribution in [3.05, 3.63) is 11.1 Å². The average Bonchev–Trinajstić information content (AvgIpc) is 2.58. The molecule has 1 N–H and O–H groups in total. The van der Waals surface area contributed by atoms with Crippen LogP contribution in [0.15, 0.2) is 16.1 Å². The molecule has 0 aromatic heterocycles. The number of aliphatic carboxylic acids is 1. The third-order valence-electron chi connectivity index (χ3n) is 3.01. The Bertz CT molecular complexity index is 515. The van der Waals surface area contributed by atoms with Crippen molar-refractivity contribution in [1.82, 2.24) is 9.80 Å². The summed E-state index contributed by atoms with van der Waals surface area (Å²) in [5.74, 6) is -1.31. The first-order valence-corrected chi connectivity index (χ1v) is 7.12. The van der Waals surface area contributed by atoms with Gasteiger partial charge in [-0.15, -0.1) is 0 Å². The van der Waals surface area contributed by atoms with Crippen LogP contribution in [0.4, 0.5) is 0 Å². The minimum atomic E-state index is -3.64. The van der Waals surface area contributed by atoms with E-state index in [2.05, 4.69) is 9.89 Å². The minimum Gasteiger partial charge on any atom is -0.476 e. The van der Waals surface area contributed by atoms with Crippen LogP contribution in [0.1, 0.15) is 0 Å². The van der Waals surface area contributed by atoms with Gasteiger partial charge in [-0.05, 0) is 7.05 Å². The molecule has 2 aliphatic rings. The molecule has 100 valence electrons. The molecule has 0 radical (unpaired) electrons. The lowest BCUT2D eigenvalue weighted by atomic mass is 10.3. The van der Waals surface area contributed by atoms with Crippen molar-refractivity contribution in [3.63, 3.8) is 0 Å². The standard InChI is InChI=1S/C10H15N3O4S/c1-12-2-4-13(5-3-12)6-9-11-8(10(14)15)7-18(9,16)17/h7H,2-6H2,1H3,(H,14,15). The predicted molar refractivity (Wildman–Crippen MR) is 66.0 cm³/mol. The zero-order valence-electron chi connectivity index (χ0n) is 10.0. The van der Waals surface area contributed by atoms with Crippen LogP contribution in [0, 0.1) is 0 Å². The number of hydrogen-bond donors (Lipinski definition) is 1. The van der Waals surface area contributed by atoms with Crippen molar-refractivity contribution >= 4 is 20.9 Å². The summed E-state index contributed by atoms with van der Waals surface area (Å²) in [7, 11) is -1.64. The first-order chi connectivity index (χ1) is 8.38. The molecule has 18 heavy (non-hydrogen) atoms. The Morgan fingerprint density at radius 3 is 2.50 bits per heavy atom. The number of piperazine rings is 1. The van der Waals surface area contributed by atoms with Gasteiger partial charge in [0.05, 0.1) is 12.0 Å². The number of sulfone groups is 1. The number of carboxylic acid groups (broad SMARTS) is 1. The Morgan fingerprint density at radius 1 is 1.39 bits per heavy atom. The fourth-order valence-corrected chi connectivity index (χ4v) is 3.03. The molecule has 0 amide bonds. The largest absolute Gasteiger partial charge is 0.476 e. The van der Waals surface area contributed by atoms with E-state index in [4.69, 9.17) is 5.11 Å². The van der Waals surface area contributed by atoms with Gasteiger partial charge in [0.2, 0.25) is 9.84 Å². The van der Waals surface area contributed by atoms with Crippen molar-refractivity contribution < 1.29 is 18.3 Å². The fraction of sp³-hybridized carbons (Fsp3) is 0.600. The zero-order chi connectivity index (χ0) is 13.3. The van der Waals surface area contributed by atoms with Crippen LogP contribution in [-0.2, 0) is 14.6 Å². The topological polar surface area (TPSA) is 90.3 Å². The molecule has 2 rings (SSSR count). The van der Waals surface area contributed by atoms with Crippen LogP contribution < -0.4 is 0 Å². The molecule has 7 nitrogen and oxygen atoms in total. The second-order valence-corrected chi connectivity index (χ2v) is 6.24. The second kappa shape index (κ2) is 4.79. The van der Waals surface area contributed by atoms with Gasteiger partial charge in [-0.2, -0.15) is 0 Å². The Balaban J connectivity index is 2.07. The molecule has 1 saturated heterocycles. The number of rotatable bonds is 3. The van der Waals surface area contributed by atoms with Crippen LogP contribution in [0.3, 0.4) is 0 Å². The van der Waals surface area contributed by atoms with E-state index >= 15 is 0 Å². The van der Waals surface area contributed by atoms with Gasteiger partial charge in [0.15, 0.2) is 10.7 Å². The van der Waals surface area contributed by atoms with E-state index in [1.54, 1.807) is 0 Å². The van der Waals surface area contributed by atoms with Crippen molar-refractivity contribution in [3.8, 4) is 0 Å². The van der Waals surface area contributed by atoms with Crippen LogP contribution >= 0.6 is 0 Å². The molecule has 0 aromatic rings. The van der Waals surface area contributed by atoms with Gasteiger partial charge in [-0.25, -0.2) is 18.2 Å². The maximum atomic E-state index is 11.7. The maximum absolute atomic E-state index is 11.7. The van der Waals surface area contributed by atoms with E-state index in [1.807, 2.05) is 11.9 Å². The molecule has 2 heterocycles. The lowest BCUT2D eigenvalue weighted by Gasteiger charge is -2.31. The minimum absolute atomic E-state index is 0.0653. The maximum Gasteiger partial charge on any atom is 0.355 e. The monoisotopic (exact) mass is 273 g/mol. The molecular weight excluding hydrogens is 258 g/mol. The molecule has 2 aliphatic heterocycles. The fourth-order valence-electron chi connectivity index (χ4n) is 1.86. The summed E-state index contributed by atoms with van der Waals surface area (Å²) in [5, 5.41) is 9.40. The molecule has 0 aliphatic carbocycles. The van der Waals surface area contributed by atoms with Gasteiger partial charge in [0.25, 0.3) is 0 Å². The summed E-state index contributed by atoms with van der Waals surface area (Å²) in [6, 6.07) is 0. The average molecular weight is 273 g/mol. The SMILES string of the molecule is CN1CCN(CC2=NC(C(=O)O)=CS2(=O)=O)CC1. The first kappa shape index (κ1) is 13.2. The van der Waals surface area contributed by atoms with Crippen LogP contribution in [0.25, 0.3) is 0 Å². The van der Waals surface area contributed by atoms with Crippen molar-refractivity contribution in [2.24, 2.45) is 4.99 Å². The van der Waals surface area contributed by atoms with E-state index in [1.165, 1.54) is 0 Å². The Kier molecular flexibility index (Phi) is 3.51. The Labute approximate surface area is 105 Å². The van der Waals surface area contributed by atoms with Crippen LogP contribution in [0.5, 0.6) is 0 Å². The summed E-state index contributed by atoms with van der Waals surface area (Å²) in [4.78, 5) is 18.5. The Hall–Kier alpha value is -1.25. The molecule has 8 heteroatoms. The summed E-state index contributed by atoms with van der Waals surface area (Å²) in [6.45, 7) is 3.43. The highest BCUT2D eigenvalue weighted by Gasteiger charge is 2.30. The number of hydrogen-bond acceptors (Lipinski definition) is 6. The molecular formula is C10H15N3O4S. The van der Waals surface area contributed by atoms with Gasteiger partial charge in [-0.1, -0.05) is 0 Å². The highest BCUT2D eigenvalue weighted by atomic mass is 32.2. The van der Waals surface area contributed by atoms with Gasteiger partial charge >= 0.3 is 5.97 Å². The quantitative estimate of drug-likeness (QED) is 0.708. The van der Waals surface area contributed by atoms with Gasteiger partial charge in [-0.3, -0.25) is 4.90 Å². The van der Waals surface area contributed by atoms with E-state index in [9.17, 15) is 13.2 Å². The lowest BCUT2D eigenvalue weighted by Crippen LogP contribution is -2.46. The van der Waals surface area contributed by atoms with E-state index in [0.29, 0.717) is 0 Å². The molecule has 0 bridgehead atoms. The van der Waals surface area contributed by atoms with Crippen LogP contribution in [0.2, 0.25) is 0 Å². The number of carboxylic acids is 1. The molecule has 0 aromatic carbocycles. The molecule has 0 spiro atoms. The highest BCUT2D eigenvalue weighted by Crippen LogP contribution is 2.16. The van der Waals surface area contributed by atoms with Crippen molar-refractivity contribution in [1.29, 1.82) is 0 Å². The third-order valence-corrected chi connectivity index (χ3v) is 4.43. The summed E-state index contributed by atoms with van der Waals surface area (Å²) in [5.41, 5.74) is -0.404.